The summed E-state index contributed by atoms with van der Waals surface area (Å²) in [6.45, 7) is 4.67. The third-order valence-electron chi connectivity index (χ3n) is 2.14. The molecule has 0 atom stereocenters. The molecule has 14 heavy (non-hydrogen) atoms. The molecule has 0 aliphatic rings. The predicted molar refractivity (Wildman–Crippen MR) is 56.4 cm³/mol. The molecule has 0 aliphatic carbocycles. The number of aryl methyl sites for hydroxylation is 2. The van der Waals surface area contributed by atoms with E-state index < -0.39 is 0 Å². The topological polar surface area (TPSA) is 39.1 Å². The normalized spacial score (nSPS) is 10.8. The molecule has 0 saturated carbocycles. The average molecular weight is 197 g/mol. The lowest BCUT2D eigenvalue weighted by Gasteiger charge is -2.03. The quantitative estimate of drug-likeness (QED) is 0.675. The van der Waals surface area contributed by atoms with E-state index in [4.69, 9.17) is 4.74 Å². The molecule has 0 bridgehead atoms. The highest BCUT2D eigenvalue weighted by Gasteiger charge is 2.00. The number of methoxy groups -OCH3 is 1. The molecule has 0 saturated heterocycles. The Morgan fingerprint density at radius 1 is 1.50 bits per heavy atom. The summed E-state index contributed by atoms with van der Waals surface area (Å²) in [5, 5.41) is 7.60. The second-order valence-corrected chi connectivity index (χ2v) is 3.39. The van der Waals surface area contributed by atoms with Crippen LogP contribution in [0.2, 0.25) is 0 Å². The summed E-state index contributed by atoms with van der Waals surface area (Å²) in [4.78, 5) is 0. The van der Waals surface area contributed by atoms with E-state index in [9.17, 15) is 0 Å². The van der Waals surface area contributed by atoms with Crippen LogP contribution >= 0.6 is 0 Å². The number of nitrogens with one attached hydrogen (secondary N) is 1. The Bertz CT molecular complexity index is 270. The molecule has 4 heteroatoms. The Morgan fingerprint density at radius 2 is 2.29 bits per heavy atom. The van der Waals surface area contributed by atoms with Gasteiger partial charge in [-0.15, -0.1) is 0 Å². The highest BCUT2D eigenvalue weighted by Crippen LogP contribution is 2.01. The fourth-order valence-corrected chi connectivity index (χ4v) is 1.41. The fraction of sp³-hybridized carbons (Fsp3) is 0.700. The summed E-state index contributed by atoms with van der Waals surface area (Å²) in [5.74, 6) is 0. The first-order valence-corrected chi connectivity index (χ1v) is 4.93. The number of rotatable bonds is 6. The van der Waals surface area contributed by atoms with E-state index in [1.54, 1.807) is 7.11 Å². The molecule has 1 aromatic rings. The minimum absolute atomic E-state index is 0.768. The Labute approximate surface area is 85.3 Å². The van der Waals surface area contributed by atoms with Crippen molar-refractivity contribution in [2.45, 2.75) is 13.3 Å². The van der Waals surface area contributed by atoms with Crippen LogP contribution in [-0.2, 0) is 18.2 Å². The Kier molecular flexibility index (Phi) is 4.62. The third kappa shape index (κ3) is 3.47. The molecule has 0 amide bonds. The van der Waals surface area contributed by atoms with Gasteiger partial charge in [-0.25, -0.2) is 0 Å². The van der Waals surface area contributed by atoms with Gasteiger partial charge in [-0.05, 0) is 13.0 Å². The molecule has 1 heterocycles. The summed E-state index contributed by atoms with van der Waals surface area (Å²) in [6, 6.07) is 2.12. The molecule has 0 spiro atoms. The zero-order chi connectivity index (χ0) is 10.4. The predicted octanol–water partition coefficient (Wildman–Crippen LogP) is 0.507. The van der Waals surface area contributed by atoms with Crippen molar-refractivity contribution in [3.8, 4) is 0 Å². The van der Waals surface area contributed by atoms with Gasteiger partial charge in [0.15, 0.2) is 0 Å². The van der Waals surface area contributed by atoms with E-state index in [0.29, 0.717) is 0 Å². The average Bonchev–Trinajstić information content (AvgIpc) is 2.45. The van der Waals surface area contributed by atoms with Crippen LogP contribution in [0.5, 0.6) is 0 Å². The van der Waals surface area contributed by atoms with Crippen molar-refractivity contribution >= 4 is 0 Å². The number of nitrogens with zero attached hydrogens (tertiary/aromatic N) is 2. The van der Waals surface area contributed by atoms with E-state index in [1.165, 1.54) is 5.69 Å². The molecule has 0 aliphatic heterocycles. The first kappa shape index (κ1) is 11.2. The van der Waals surface area contributed by atoms with Crippen LogP contribution in [0.15, 0.2) is 6.07 Å². The van der Waals surface area contributed by atoms with Gasteiger partial charge in [0.25, 0.3) is 0 Å². The van der Waals surface area contributed by atoms with Crippen molar-refractivity contribution in [1.82, 2.24) is 15.1 Å². The maximum Gasteiger partial charge on any atom is 0.0596 e. The van der Waals surface area contributed by atoms with Crippen molar-refractivity contribution in [3.05, 3.63) is 17.5 Å². The van der Waals surface area contributed by atoms with Gasteiger partial charge in [0.05, 0.1) is 12.3 Å². The van der Waals surface area contributed by atoms with E-state index >= 15 is 0 Å². The third-order valence-corrected chi connectivity index (χ3v) is 2.14. The molecule has 0 aromatic carbocycles. The van der Waals surface area contributed by atoms with Crippen LogP contribution in [-0.4, -0.2) is 36.6 Å². The minimum Gasteiger partial charge on any atom is -0.383 e. The SMILES string of the molecule is COCCNCCc1cc(C)nn1C. The number of aromatic nitrogens is 2. The lowest BCUT2D eigenvalue weighted by molar-refractivity contribution is 0.199. The second-order valence-electron chi connectivity index (χ2n) is 3.39. The van der Waals surface area contributed by atoms with Crippen molar-refractivity contribution < 1.29 is 4.74 Å². The van der Waals surface area contributed by atoms with Crippen LogP contribution < -0.4 is 5.32 Å². The van der Waals surface area contributed by atoms with Crippen LogP contribution in [0.1, 0.15) is 11.4 Å². The van der Waals surface area contributed by atoms with Crippen molar-refractivity contribution in [2.24, 2.45) is 7.05 Å². The van der Waals surface area contributed by atoms with Gasteiger partial charge >= 0.3 is 0 Å². The van der Waals surface area contributed by atoms with Gasteiger partial charge in [-0.3, -0.25) is 4.68 Å². The van der Waals surface area contributed by atoms with E-state index in [2.05, 4.69) is 16.5 Å². The smallest absolute Gasteiger partial charge is 0.0596 e. The lowest BCUT2D eigenvalue weighted by Crippen LogP contribution is -2.22. The zero-order valence-corrected chi connectivity index (χ0v) is 9.21. The molecule has 1 N–H and O–H groups in total. The summed E-state index contributed by atoms with van der Waals surface area (Å²) in [5.41, 5.74) is 2.35. The molecule has 0 unspecified atom stereocenters. The monoisotopic (exact) mass is 197 g/mol. The first-order valence-electron chi connectivity index (χ1n) is 4.93. The molecule has 1 rings (SSSR count). The number of hydrogen-bond acceptors (Lipinski definition) is 3. The minimum atomic E-state index is 0.768. The van der Waals surface area contributed by atoms with Gasteiger partial charge in [-0.1, -0.05) is 0 Å². The van der Waals surface area contributed by atoms with E-state index in [1.807, 2.05) is 18.7 Å². The van der Waals surface area contributed by atoms with Crippen LogP contribution in [0.25, 0.3) is 0 Å². The van der Waals surface area contributed by atoms with Crippen molar-refractivity contribution in [3.63, 3.8) is 0 Å². The molecule has 1 aromatic heterocycles. The highest BCUT2D eigenvalue weighted by molar-refractivity contribution is 5.08. The molecule has 80 valence electrons. The van der Waals surface area contributed by atoms with Crippen LogP contribution in [0.4, 0.5) is 0 Å². The molecule has 0 radical (unpaired) electrons. The van der Waals surface area contributed by atoms with E-state index in [0.717, 1.165) is 31.8 Å². The Morgan fingerprint density at radius 3 is 2.86 bits per heavy atom. The number of hydrogen-bond donors (Lipinski definition) is 1. The molecular weight excluding hydrogens is 178 g/mol. The maximum absolute atomic E-state index is 4.94. The van der Waals surface area contributed by atoms with Gasteiger partial charge in [0, 0.05) is 39.4 Å². The van der Waals surface area contributed by atoms with Gasteiger partial charge in [0.2, 0.25) is 0 Å². The maximum atomic E-state index is 4.94. The van der Waals surface area contributed by atoms with E-state index in [-0.39, 0.29) is 0 Å². The Balaban J connectivity index is 2.21. The second kappa shape index (κ2) is 5.78. The molecule has 0 fully saturated rings. The Hall–Kier alpha value is -0.870. The van der Waals surface area contributed by atoms with Gasteiger partial charge < -0.3 is 10.1 Å². The van der Waals surface area contributed by atoms with Gasteiger partial charge in [-0.2, -0.15) is 5.10 Å². The van der Waals surface area contributed by atoms with Gasteiger partial charge in [0.1, 0.15) is 0 Å². The molecule has 4 nitrogen and oxygen atoms in total. The number of ether oxygens (including phenoxy) is 1. The van der Waals surface area contributed by atoms with Crippen molar-refractivity contribution in [1.29, 1.82) is 0 Å². The summed E-state index contributed by atoms with van der Waals surface area (Å²) < 4.78 is 6.88. The fourth-order valence-electron chi connectivity index (χ4n) is 1.41. The zero-order valence-electron chi connectivity index (χ0n) is 9.21. The summed E-state index contributed by atoms with van der Waals surface area (Å²) in [6.07, 6.45) is 1.01. The van der Waals surface area contributed by atoms with Crippen LogP contribution in [0.3, 0.4) is 0 Å². The van der Waals surface area contributed by atoms with Crippen molar-refractivity contribution in [2.75, 3.05) is 26.8 Å². The largest absolute Gasteiger partial charge is 0.383 e. The van der Waals surface area contributed by atoms with Crippen LogP contribution in [0, 0.1) is 6.92 Å². The lowest BCUT2D eigenvalue weighted by atomic mass is 10.3. The summed E-state index contributed by atoms with van der Waals surface area (Å²) >= 11 is 0. The summed E-state index contributed by atoms with van der Waals surface area (Å²) in [7, 11) is 3.70. The molecular formula is C10H19N3O. The highest BCUT2D eigenvalue weighted by atomic mass is 16.5. The standard InChI is InChI=1S/C10H19N3O/c1-9-8-10(13(2)12-9)4-5-11-6-7-14-3/h8,11H,4-7H2,1-3H3. The first-order chi connectivity index (χ1) is 6.74.